The lowest BCUT2D eigenvalue weighted by Gasteiger charge is -2.40. The number of hydrogen-bond donors (Lipinski definition) is 1. The Morgan fingerprint density at radius 3 is 2.17 bits per heavy atom. The van der Waals surface area contributed by atoms with E-state index in [1.807, 2.05) is 24.3 Å². The zero-order valence-electron chi connectivity index (χ0n) is 11.0. The highest BCUT2D eigenvalue weighted by molar-refractivity contribution is 9.10. The lowest BCUT2D eigenvalue weighted by molar-refractivity contribution is 0.206. The SMILES string of the molecule is CC1(C)CCC(C#N)(Nc2ccc(Br)cc2)CC1. The van der Waals surface area contributed by atoms with Gasteiger partial charge < -0.3 is 5.32 Å². The fraction of sp³-hybridized carbons (Fsp3) is 0.533. The highest BCUT2D eigenvalue weighted by Crippen LogP contribution is 2.41. The Balaban J connectivity index is 2.11. The Hall–Kier alpha value is -1.01. The molecule has 1 aromatic rings. The summed E-state index contributed by atoms with van der Waals surface area (Å²) in [5.41, 5.74) is 1.02. The van der Waals surface area contributed by atoms with Crippen molar-refractivity contribution in [3.8, 4) is 6.07 Å². The predicted octanol–water partition coefficient (Wildman–Crippen LogP) is 4.72. The van der Waals surface area contributed by atoms with E-state index in [1.165, 1.54) is 0 Å². The van der Waals surface area contributed by atoms with Crippen LogP contribution in [0.1, 0.15) is 39.5 Å². The molecule has 0 amide bonds. The summed E-state index contributed by atoms with van der Waals surface area (Å²) in [5, 5.41) is 12.9. The molecule has 0 atom stereocenters. The van der Waals surface area contributed by atoms with Crippen molar-refractivity contribution in [2.45, 2.75) is 45.1 Å². The van der Waals surface area contributed by atoms with Gasteiger partial charge >= 0.3 is 0 Å². The van der Waals surface area contributed by atoms with E-state index >= 15 is 0 Å². The van der Waals surface area contributed by atoms with E-state index in [0.717, 1.165) is 35.8 Å². The molecular formula is C15H19BrN2. The number of anilines is 1. The van der Waals surface area contributed by atoms with E-state index < -0.39 is 0 Å². The van der Waals surface area contributed by atoms with Crippen LogP contribution in [0.3, 0.4) is 0 Å². The average molecular weight is 307 g/mol. The molecule has 0 spiro atoms. The van der Waals surface area contributed by atoms with E-state index in [-0.39, 0.29) is 5.54 Å². The molecule has 1 N–H and O–H groups in total. The van der Waals surface area contributed by atoms with Gasteiger partial charge in [0.25, 0.3) is 0 Å². The average Bonchev–Trinajstić information content (AvgIpc) is 2.35. The fourth-order valence-corrected chi connectivity index (χ4v) is 2.69. The van der Waals surface area contributed by atoms with Gasteiger partial charge in [-0.3, -0.25) is 0 Å². The number of hydrogen-bond acceptors (Lipinski definition) is 2. The first-order valence-electron chi connectivity index (χ1n) is 6.40. The molecule has 1 aliphatic rings. The van der Waals surface area contributed by atoms with Crippen molar-refractivity contribution in [2.24, 2.45) is 5.41 Å². The summed E-state index contributed by atoms with van der Waals surface area (Å²) < 4.78 is 1.06. The summed E-state index contributed by atoms with van der Waals surface area (Å²) >= 11 is 3.42. The maximum Gasteiger partial charge on any atom is 0.125 e. The minimum atomic E-state index is -0.386. The molecule has 1 aromatic carbocycles. The van der Waals surface area contributed by atoms with Crippen LogP contribution in [0.5, 0.6) is 0 Å². The van der Waals surface area contributed by atoms with Crippen molar-refractivity contribution in [3.05, 3.63) is 28.7 Å². The van der Waals surface area contributed by atoms with E-state index in [4.69, 9.17) is 0 Å². The second kappa shape index (κ2) is 4.93. The van der Waals surface area contributed by atoms with Crippen molar-refractivity contribution in [3.63, 3.8) is 0 Å². The monoisotopic (exact) mass is 306 g/mol. The smallest absolute Gasteiger partial charge is 0.125 e. The number of benzene rings is 1. The van der Waals surface area contributed by atoms with E-state index in [2.05, 4.69) is 41.2 Å². The first-order chi connectivity index (χ1) is 8.45. The first-order valence-corrected chi connectivity index (χ1v) is 7.19. The zero-order valence-corrected chi connectivity index (χ0v) is 12.5. The molecule has 2 rings (SSSR count). The highest BCUT2D eigenvalue weighted by Gasteiger charge is 2.38. The van der Waals surface area contributed by atoms with Gasteiger partial charge in [0.2, 0.25) is 0 Å². The molecule has 1 aliphatic carbocycles. The lowest BCUT2D eigenvalue weighted by atomic mass is 9.70. The molecule has 18 heavy (non-hydrogen) atoms. The second-order valence-electron chi connectivity index (χ2n) is 5.99. The summed E-state index contributed by atoms with van der Waals surface area (Å²) in [6, 6.07) is 10.5. The van der Waals surface area contributed by atoms with Gasteiger partial charge in [0, 0.05) is 10.2 Å². The van der Waals surface area contributed by atoms with Crippen molar-refractivity contribution in [1.29, 1.82) is 5.26 Å². The van der Waals surface area contributed by atoms with Crippen molar-refractivity contribution >= 4 is 21.6 Å². The number of nitrogens with zero attached hydrogens (tertiary/aromatic N) is 1. The Morgan fingerprint density at radius 2 is 1.67 bits per heavy atom. The van der Waals surface area contributed by atoms with Gasteiger partial charge in [-0.15, -0.1) is 0 Å². The lowest BCUT2D eigenvalue weighted by Crippen LogP contribution is -2.42. The molecule has 1 fully saturated rings. The number of halogens is 1. The standard InChI is InChI=1S/C15H19BrN2/c1-14(2)7-9-15(11-17,10-8-14)18-13-5-3-12(16)4-6-13/h3-6,18H,7-10H2,1-2H3. The van der Waals surface area contributed by atoms with Crippen LogP contribution >= 0.6 is 15.9 Å². The molecule has 0 aliphatic heterocycles. The fourth-order valence-electron chi connectivity index (χ4n) is 2.43. The summed E-state index contributed by atoms with van der Waals surface area (Å²) in [4.78, 5) is 0. The van der Waals surface area contributed by atoms with Crippen LogP contribution in [-0.4, -0.2) is 5.54 Å². The number of nitrogens with one attached hydrogen (secondary N) is 1. The van der Waals surface area contributed by atoms with Crippen LogP contribution in [0.4, 0.5) is 5.69 Å². The van der Waals surface area contributed by atoms with Crippen LogP contribution < -0.4 is 5.32 Å². The quantitative estimate of drug-likeness (QED) is 0.858. The molecule has 1 saturated carbocycles. The molecular weight excluding hydrogens is 288 g/mol. The topological polar surface area (TPSA) is 35.8 Å². The van der Waals surface area contributed by atoms with Gasteiger partial charge in [-0.1, -0.05) is 29.8 Å². The van der Waals surface area contributed by atoms with E-state index in [9.17, 15) is 5.26 Å². The first kappa shape index (κ1) is 13.4. The molecule has 0 bridgehead atoms. The van der Waals surface area contributed by atoms with Crippen LogP contribution in [0.25, 0.3) is 0 Å². The summed E-state index contributed by atoms with van der Waals surface area (Å²) in [6.07, 6.45) is 4.05. The second-order valence-corrected chi connectivity index (χ2v) is 6.91. The van der Waals surface area contributed by atoms with Crippen LogP contribution in [0, 0.1) is 16.7 Å². The Morgan fingerprint density at radius 1 is 1.11 bits per heavy atom. The largest absolute Gasteiger partial charge is 0.367 e. The Bertz CT molecular complexity index is 446. The van der Waals surface area contributed by atoms with Crippen LogP contribution in [-0.2, 0) is 0 Å². The van der Waals surface area contributed by atoms with Gasteiger partial charge in [-0.25, -0.2) is 0 Å². The molecule has 0 unspecified atom stereocenters. The van der Waals surface area contributed by atoms with Gasteiger partial charge in [0.1, 0.15) is 5.54 Å². The van der Waals surface area contributed by atoms with Crippen LogP contribution in [0.15, 0.2) is 28.7 Å². The van der Waals surface area contributed by atoms with Gasteiger partial charge in [-0.2, -0.15) is 5.26 Å². The summed E-state index contributed by atoms with van der Waals surface area (Å²) in [7, 11) is 0. The third-order valence-corrected chi connectivity index (χ3v) is 4.43. The van der Waals surface area contributed by atoms with E-state index in [0.29, 0.717) is 5.41 Å². The van der Waals surface area contributed by atoms with Gasteiger partial charge in [0.05, 0.1) is 6.07 Å². The number of nitriles is 1. The van der Waals surface area contributed by atoms with Gasteiger partial charge in [-0.05, 0) is 55.4 Å². The normalized spacial score (nSPS) is 21.0. The number of rotatable bonds is 2. The zero-order chi connectivity index (χ0) is 13.2. The Labute approximate surface area is 118 Å². The third kappa shape index (κ3) is 3.05. The maximum absolute atomic E-state index is 9.51. The van der Waals surface area contributed by atoms with Crippen molar-refractivity contribution < 1.29 is 0 Å². The maximum atomic E-state index is 9.51. The minimum Gasteiger partial charge on any atom is -0.367 e. The molecule has 0 heterocycles. The molecule has 0 aromatic heterocycles. The summed E-state index contributed by atoms with van der Waals surface area (Å²) in [5.74, 6) is 0. The molecule has 0 radical (unpaired) electrons. The predicted molar refractivity (Wildman–Crippen MR) is 78.4 cm³/mol. The highest BCUT2D eigenvalue weighted by atomic mass is 79.9. The van der Waals surface area contributed by atoms with Gasteiger partial charge in [0.15, 0.2) is 0 Å². The molecule has 3 heteroatoms. The van der Waals surface area contributed by atoms with E-state index in [1.54, 1.807) is 0 Å². The minimum absolute atomic E-state index is 0.377. The molecule has 96 valence electrons. The Kier molecular flexibility index (Phi) is 3.68. The molecule has 2 nitrogen and oxygen atoms in total. The van der Waals surface area contributed by atoms with Crippen LogP contribution in [0.2, 0.25) is 0 Å². The van der Waals surface area contributed by atoms with Crippen molar-refractivity contribution in [2.75, 3.05) is 5.32 Å². The van der Waals surface area contributed by atoms with Crippen molar-refractivity contribution in [1.82, 2.24) is 0 Å². The summed E-state index contributed by atoms with van der Waals surface area (Å²) in [6.45, 7) is 4.57. The molecule has 0 saturated heterocycles. The third-order valence-electron chi connectivity index (χ3n) is 3.90.